The summed E-state index contributed by atoms with van der Waals surface area (Å²) in [6.45, 7) is 0.103. The first-order valence-corrected chi connectivity index (χ1v) is 12.4. The summed E-state index contributed by atoms with van der Waals surface area (Å²) in [5.74, 6) is 0.758. The van der Waals surface area contributed by atoms with Crippen LogP contribution < -0.4 is 4.74 Å². The first-order valence-electron chi connectivity index (χ1n) is 12.4. The van der Waals surface area contributed by atoms with Crippen molar-refractivity contribution in [2.75, 3.05) is 0 Å². The van der Waals surface area contributed by atoms with E-state index in [1.165, 1.54) is 6.07 Å². The van der Waals surface area contributed by atoms with E-state index in [0.29, 0.717) is 28.4 Å². The van der Waals surface area contributed by atoms with Crippen molar-refractivity contribution in [2.24, 2.45) is 0 Å². The Kier molecular flexibility index (Phi) is 6.42. The summed E-state index contributed by atoms with van der Waals surface area (Å²) >= 11 is 0. The van der Waals surface area contributed by atoms with Crippen LogP contribution in [-0.2, 0) is 6.61 Å². The van der Waals surface area contributed by atoms with Crippen LogP contribution in [0, 0.1) is 17.1 Å². The fourth-order valence-electron chi connectivity index (χ4n) is 4.33. The zero-order valence-electron chi connectivity index (χ0n) is 20.8. The number of nitriles is 1. The van der Waals surface area contributed by atoms with Gasteiger partial charge in [0.1, 0.15) is 35.8 Å². The van der Waals surface area contributed by atoms with Gasteiger partial charge in [0.2, 0.25) is 0 Å². The number of H-pyrrole nitrogens is 1. The molecule has 0 bridgehead atoms. The smallest absolute Gasteiger partial charge is 0.149 e. The van der Waals surface area contributed by atoms with Crippen molar-refractivity contribution in [1.82, 2.24) is 19.7 Å². The molecule has 0 radical (unpaired) electrons. The summed E-state index contributed by atoms with van der Waals surface area (Å²) in [4.78, 5) is 7.83. The van der Waals surface area contributed by atoms with E-state index in [2.05, 4.69) is 16.0 Å². The molecule has 0 aliphatic rings. The molecule has 0 aliphatic heterocycles. The molecular formula is C32H22FN5O. The number of aromatic amines is 1. The molecule has 2 heterocycles. The van der Waals surface area contributed by atoms with E-state index < -0.39 is 0 Å². The predicted molar refractivity (Wildman–Crippen MR) is 149 cm³/mol. The van der Waals surface area contributed by atoms with Crippen molar-refractivity contribution in [2.45, 2.75) is 6.61 Å². The minimum absolute atomic E-state index is 0.103. The maximum atomic E-state index is 14.1. The van der Waals surface area contributed by atoms with Crippen LogP contribution in [0.1, 0.15) is 17.0 Å². The lowest BCUT2D eigenvalue weighted by Crippen LogP contribution is -1.98. The van der Waals surface area contributed by atoms with Gasteiger partial charge in [-0.2, -0.15) is 10.4 Å². The van der Waals surface area contributed by atoms with Gasteiger partial charge in [0.05, 0.1) is 22.3 Å². The van der Waals surface area contributed by atoms with E-state index in [0.717, 1.165) is 27.8 Å². The molecule has 188 valence electrons. The molecule has 0 atom stereocenters. The van der Waals surface area contributed by atoms with E-state index in [1.807, 2.05) is 85.1 Å². The Morgan fingerprint density at radius 3 is 2.56 bits per heavy atom. The summed E-state index contributed by atoms with van der Waals surface area (Å²) in [7, 11) is 0. The Balaban J connectivity index is 1.40. The summed E-state index contributed by atoms with van der Waals surface area (Å²) in [5.41, 5.74) is 5.58. The standard InChI is InChI=1S/C32H22FN5O/c33-28-14-5-4-9-23(28)21-39-27-13-8-10-22(18-27)31-25(20-38(37-31)26-11-2-1-3-12-26)17-24(19-34)32-35-29-15-6-7-16-30(29)36-32/h1-18,20H,21H2,(H,35,36)/b24-17+. The SMILES string of the molecule is N#C/C(=C\c1cn(-c2ccccc2)nc1-c1cccc(OCc2ccccc2F)c1)c1nc2ccccc2[nH]1. The molecule has 4 aromatic carbocycles. The molecule has 0 spiro atoms. The van der Waals surface area contributed by atoms with Crippen LogP contribution in [0.25, 0.3) is 39.6 Å². The number of benzene rings is 4. The van der Waals surface area contributed by atoms with Gasteiger partial charge in [-0.05, 0) is 48.5 Å². The molecule has 6 nitrogen and oxygen atoms in total. The second-order valence-corrected chi connectivity index (χ2v) is 8.89. The van der Waals surface area contributed by atoms with Crippen molar-refractivity contribution in [3.05, 3.63) is 132 Å². The Labute approximate surface area is 224 Å². The van der Waals surface area contributed by atoms with E-state index in [4.69, 9.17) is 9.84 Å². The minimum atomic E-state index is -0.308. The van der Waals surface area contributed by atoms with Gasteiger partial charge in [0.25, 0.3) is 0 Å². The number of aromatic nitrogens is 4. The highest BCUT2D eigenvalue weighted by molar-refractivity contribution is 5.92. The Bertz CT molecular complexity index is 1810. The number of imidazole rings is 1. The quantitative estimate of drug-likeness (QED) is 0.230. The fraction of sp³-hybridized carbons (Fsp3) is 0.0312. The van der Waals surface area contributed by atoms with Crippen molar-refractivity contribution >= 4 is 22.7 Å². The normalized spacial score (nSPS) is 11.4. The molecule has 2 aromatic heterocycles. The molecule has 39 heavy (non-hydrogen) atoms. The summed E-state index contributed by atoms with van der Waals surface area (Å²) in [6, 6.07) is 33.7. The number of nitrogens with zero attached hydrogens (tertiary/aromatic N) is 4. The Morgan fingerprint density at radius 2 is 1.74 bits per heavy atom. The number of rotatable bonds is 7. The average Bonchev–Trinajstić information content (AvgIpc) is 3.61. The van der Waals surface area contributed by atoms with Crippen molar-refractivity contribution in [3.63, 3.8) is 0 Å². The minimum Gasteiger partial charge on any atom is -0.489 e. The molecular weight excluding hydrogens is 489 g/mol. The van der Waals surface area contributed by atoms with Gasteiger partial charge in [-0.1, -0.05) is 60.7 Å². The average molecular weight is 512 g/mol. The number of allylic oxidation sites excluding steroid dienone is 1. The van der Waals surface area contributed by atoms with Crippen molar-refractivity contribution in [3.8, 4) is 28.8 Å². The number of halogens is 1. The van der Waals surface area contributed by atoms with Crippen molar-refractivity contribution < 1.29 is 9.13 Å². The summed E-state index contributed by atoms with van der Waals surface area (Å²) in [6.07, 6.45) is 3.67. The third kappa shape index (κ3) is 5.04. The topological polar surface area (TPSA) is 79.5 Å². The number of nitrogens with one attached hydrogen (secondary N) is 1. The molecule has 0 saturated carbocycles. The lowest BCUT2D eigenvalue weighted by atomic mass is 10.1. The van der Waals surface area contributed by atoms with Gasteiger partial charge < -0.3 is 9.72 Å². The summed E-state index contributed by atoms with van der Waals surface area (Å²) in [5, 5.41) is 14.9. The van der Waals surface area contributed by atoms with Crippen LogP contribution >= 0.6 is 0 Å². The van der Waals surface area contributed by atoms with Crippen LogP contribution in [-0.4, -0.2) is 19.7 Å². The number of ether oxygens (including phenoxy) is 1. The maximum Gasteiger partial charge on any atom is 0.149 e. The largest absolute Gasteiger partial charge is 0.489 e. The van der Waals surface area contributed by atoms with E-state index in [9.17, 15) is 9.65 Å². The number of hydrogen-bond donors (Lipinski definition) is 1. The Morgan fingerprint density at radius 1 is 0.949 bits per heavy atom. The van der Waals surface area contributed by atoms with E-state index in [1.54, 1.807) is 29.0 Å². The van der Waals surface area contributed by atoms with Crippen LogP contribution in [0.4, 0.5) is 4.39 Å². The zero-order valence-corrected chi connectivity index (χ0v) is 20.8. The molecule has 0 fully saturated rings. The van der Waals surface area contributed by atoms with E-state index >= 15 is 0 Å². The third-order valence-corrected chi connectivity index (χ3v) is 6.29. The lowest BCUT2D eigenvalue weighted by molar-refractivity contribution is 0.300. The number of hydrogen-bond acceptors (Lipinski definition) is 4. The van der Waals surface area contributed by atoms with Gasteiger partial charge in [0.15, 0.2) is 0 Å². The number of para-hydroxylation sites is 3. The molecule has 6 aromatic rings. The van der Waals surface area contributed by atoms with Gasteiger partial charge in [-0.25, -0.2) is 14.1 Å². The molecule has 1 N–H and O–H groups in total. The highest BCUT2D eigenvalue weighted by Crippen LogP contribution is 2.30. The van der Waals surface area contributed by atoms with Gasteiger partial charge in [-0.3, -0.25) is 0 Å². The molecule has 0 unspecified atom stereocenters. The van der Waals surface area contributed by atoms with Gasteiger partial charge >= 0.3 is 0 Å². The lowest BCUT2D eigenvalue weighted by Gasteiger charge is -2.08. The zero-order chi connectivity index (χ0) is 26.6. The Hall–Kier alpha value is -5.48. The molecule has 0 amide bonds. The molecule has 0 aliphatic carbocycles. The highest BCUT2D eigenvalue weighted by Gasteiger charge is 2.15. The molecule has 6 rings (SSSR count). The predicted octanol–water partition coefficient (Wildman–Crippen LogP) is 7.20. The maximum absolute atomic E-state index is 14.1. The second-order valence-electron chi connectivity index (χ2n) is 8.89. The van der Waals surface area contributed by atoms with Crippen LogP contribution in [0.2, 0.25) is 0 Å². The second kappa shape index (κ2) is 10.5. The monoisotopic (exact) mass is 511 g/mol. The van der Waals surface area contributed by atoms with Crippen LogP contribution in [0.15, 0.2) is 109 Å². The van der Waals surface area contributed by atoms with Crippen LogP contribution in [0.3, 0.4) is 0 Å². The molecule has 7 heteroatoms. The van der Waals surface area contributed by atoms with Crippen LogP contribution in [0.5, 0.6) is 5.75 Å². The van der Waals surface area contributed by atoms with Crippen molar-refractivity contribution in [1.29, 1.82) is 5.26 Å². The third-order valence-electron chi connectivity index (χ3n) is 6.29. The molecule has 0 saturated heterocycles. The first kappa shape index (κ1) is 23.9. The van der Waals surface area contributed by atoms with Gasteiger partial charge in [0, 0.05) is 22.9 Å². The number of fused-ring (bicyclic) bond motifs is 1. The van der Waals surface area contributed by atoms with Gasteiger partial charge in [-0.15, -0.1) is 0 Å². The fourth-order valence-corrected chi connectivity index (χ4v) is 4.33. The summed E-state index contributed by atoms with van der Waals surface area (Å²) < 4.78 is 21.8. The first-order chi connectivity index (χ1) is 19.2. The van der Waals surface area contributed by atoms with E-state index in [-0.39, 0.29) is 12.4 Å². The highest BCUT2D eigenvalue weighted by atomic mass is 19.1.